The molecule has 1 aromatic rings. The van der Waals surface area contributed by atoms with Crippen molar-refractivity contribution in [3.8, 4) is 0 Å². The van der Waals surface area contributed by atoms with Crippen molar-refractivity contribution in [1.29, 1.82) is 0 Å². The summed E-state index contributed by atoms with van der Waals surface area (Å²) in [6.45, 7) is 4.07. The van der Waals surface area contributed by atoms with Gasteiger partial charge in [-0.2, -0.15) is 0 Å². The zero-order valence-corrected chi connectivity index (χ0v) is 11.6. The van der Waals surface area contributed by atoms with E-state index in [-0.39, 0.29) is 5.91 Å². The molecular weight excluding hydrogens is 242 g/mol. The predicted octanol–water partition coefficient (Wildman–Crippen LogP) is 0.680. The third-order valence-electron chi connectivity index (χ3n) is 3.43. The Bertz CT molecular complexity index is 462. The molecular formula is C13H21N5O. The molecule has 0 spiro atoms. The van der Waals surface area contributed by atoms with Gasteiger partial charge in [0.2, 0.25) is 5.91 Å². The van der Waals surface area contributed by atoms with Crippen LogP contribution in [0, 0.1) is 0 Å². The summed E-state index contributed by atoms with van der Waals surface area (Å²) >= 11 is 0. The van der Waals surface area contributed by atoms with Gasteiger partial charge in [0, 0.05) is 25.7 Å². The summed E-state index contributed by atoms with van der Waals surface area (Å²) < 4.78 is 0. The number of hydrogen-bond donors (Lipinski definition) is 1. The number of hydrogen-bond acceptors (Lipinski definition) is 5. The predicted molar refractivity (Wildman–Crippen MR) is 74.9 cm³/mol. The average molecular weight is 263 g/mol. The second-order valence-electron chi connectivity index (χ2n) is 4.90. The number of nitrogens with two attached hydrogens (primary N) is 1. The van der Waals surface area contributed by atoms with Gasteiger partial charge in [0.1, 0.15) is 18.0 Å². The zero-order chi connectivity index (χ0) is 13.8. The van der Waals surface area contributed by atoms with E-state index in [2.05, 4.69) is 16.9 Å². The third-order valence-corrected chi connectivity index (χ3v) is 3.43. The van der Waals surface area contributed by atoms with Crippen molar-refractivity contribution >= 4 is 17.5 Å². The number of amides is 1. The minimum atomic E-state index is 0.122. The number of carbonyl (C=O) groups excluding carboxylic acids is 1. The van der Waals surface area contributed by atoms with Crippen LogP contribution in [0.3, 0.4) is 0 Å². The molecule has 1 saturated heterocycles. The standard InChI is InChI=1S/C13H21N5O/c1-3-5-10-12(14)15-9-16-13(10)18-7-4-6-17(2)11(19)8-18/h9H,3-8H2,1-2H3,(H2,14,15,16). The van der Waals surface area contributed by atoms with E-state index in [1.807, 2.05) is 11.9 Å². The van der Waals surface area contributed by atoms with Crippen LogP contribution >= 0.6 is 0 Å². The number of anilines is 2. The van der Waals surface area contributed by atoms with E-state index in [9.17, 15) is 4.79 Å². The highest BCUT2D eigenvalue weighted by molar-refractivity contribution is 5.81. The van der Waals surface area contributed by atoms with Crippen LogP contribution in [0.4, 0.5) is 11.6 Å². The smallest absolute Gasteiger partial charge is 0.241 e. The zero-order valence-electron chi connectivity index (χ0n) is 11.6. The van der Waals surface area contributed by atoms with Crippen LogP contribution in [-0.2, 0) is 11.2 Å². The van der Waals surface area contributed by atoms with Gasteiger partial charge >= 0.3 is 0 Å². The lowest BCUT2D eigenvalue weighted by atomic mass is 10.1. The Morgan fingerprint density at radius 2 is 2.16 bits per heavy atom. The quantitative estimate of drug-likeness (QED) is 0.868. The number of aromatic nitrogens is 2. The van der Waals surface area contributed by atoms with Crippen LogP contribution in [0.25, 0.3) is 0 Å². The van der Waals surface area contributed by atoms with Gasteiger partial charge in [-0.25, -0.2) is 9.97 Å². The van der Waals surface area contributed by atoms with Gasteiger partial charge in [0.25, 0.3) is 0 Å². The summed E-state index contributed by atoms with van der Waals surface area (Å²) in [5.74, 6) is 1.46. The van der Waals surface area contributed by atoms with E-state index in [1.165, 1.54) is 6.33 Å². The van der Waals surface area contributed by atoms with Crippen molar-refractivity contribution < 1.29 is 4.79 Å². The highest BCUT2D eigenvalue weighted by Gasteiger charge is 2.22. The summed E-state index contributed by atoms with van der Waals surface area (Å²) in [6, 6.07) is 0. The monoisotopic (exact) mass is 263 g/mol. The summed E-state index contributed by atoms with van der Waals surface area (Å²) in [5, 5.41) is 0. The summed E-state index contributed by atoms with van der Waals surface area (Å²) in [7, 11) is 1.84. The molecule has 0 bridgehead atoms. The first-order chi connectivity index (χ1) is 9.13. The highest BCUT2D eigenvalue weighted by Crippen LogP contribution is 2.24. The first-order valence-electron chi connectivity index (χ1n) is 6.71. The number of likely N-dealkylation sites (N-methyl/N-ethyl adjacent to an activating group) is 1. The molecule has 2 N–H and O–H groups in total. The topological polar surface area (TPSA) is 75.3 Å². The molecule has 0 unspecified atom stereocenters. The fraction of sp³-hybridized carbons (Fsp3) is 0.615. The lowest BCUT2D eigenvalue weighted by molar-refractivity contribution is -0.127. The SMILES string of the molecule is CCCc1c(N)ncnc1N1CCCN(C)C(=O)C1. The molecule has 0 atom stereocenters. The van der Waals surface area contributed by atoms with E-state index in [0.29, 0.717) is 12.4 Å². The van der Waals surface area contributed by atoms with Gasteiger partial charge in [0.15, 0.2) is 0 Å². The Morgan fingerprint density at radius 3 is 2.89 bits per heavy atom. The van der Waals surface area contributed by atoms with Crippen LogP contribution < -0.4 is 10.6 Å². The van der Waals surface area contributed by atoms with Crippen molar-refractivity contribution in [1.82, 2.24) is 14.9 Å². The van der Waals surface area contributed by atoms with E-state index < -0.39 is 0 Å². The van der Waals surface area contributed by atoms with Gasteiger partial charge in [-0.05, 0) is 12.8 Å². The van der Waals surface area contributed by atoms with Crippen LogP contribution in [-0.4, -0.2) is 47.5 Å². The van der Waals surface area contributed by atoms with Gasteiger partial charge in [-0.15, -0.1) is 0 Å². The average Bonchev–Trinajstić information content (AvgIpc) is 2.55. The number of nitrogens with zero attached hydrogens (tertiary/aromatic N) is 4. The lowest BCUT2D eigenvalue weighted by Gasteiger charge is -2.23. The fourth-order valence-electron chi connectivity index (χ4n) is 2.35. The highest BCUT2D eigenvalue weighted by atomic mass is 16.2. The van der Waals surface area contributed by atoms with Crippen molar-refractivity contribution in [2.75, 3.05) is 37.3 Å². The number of nitrogen functional groups attached to an aromatic ring is 1. The third kappa shape index (κ3) is 2.94. The summed E-state index contributed by atoms with van der Waals surface area (Å²) in [5.41, 5.74) is 6.90. The molecule has 2 rings (SSSR count). The second kappa shape index (κ2) is 5.86. The molecule has 0 aliphatic carbocycles. The Morgan fingerprint density at radius 1 is 1.37 bits per heavy atom. The summed E-state index contributed by atoms with van der Waals surface area (Å²) in [6.07, 6.45) is 4.23. The minimum Gasteiger partial charge on any atom is -0.383 e. The summed E-state index contributed by atoms with van der Waals surface area (Å²) in [4.78, 5) is 24.2. The van der Waals surface area contributed by atoms with E-state index in [1.54, 1.807) is 4.90 Å². The maximum Gasteiger partial charge on any atom is 0.241 e. The molecule has 0 saturated carbocycles. The van der Waals surface area contributed by atoms with Crippen molar-refractivity contribution in [2.24, 2.45) is 0 Å². The molecule has 1 amide bonds. The lowest BCUT2D eigenvalue weighted by Crippen LogP contribution is -2.35. The van der Waals surface area contributed by atoms with Gasteiger partial charge in [-0.1, -0.05) is 13.3 Å². The Balaban J connectivity index is 2.30. The van der Waals surface area contributed by atoms with Crippen molar-refractivity contribution in [2.45, 2.75) is 26.2 Å². The van der Waals surface area contributed by atoms with Crippen molar-refractivity contribution in [3.63, 3.8) is 0 Å². The number of rotatable bonds is 3. The fourth-order valence-corrected chi connectivity index (χ4v) is 2.35. The molecule has 1 aromatic heterocycles. The largest absolute Gasteiger partial charge is 0.383 e. The molecule has 1 aliphatic rings. The van der Waals surface area contributed by atoms with Crippen LogP contribution in [0.5, 0.6) is 0 Å². The Hall–Kier alpha value is -1.85. The normalized spacial score (nSPS) is 16.6. The Kier molecular flexibility index (Phi) is 4.19. The van der Waals surface area contributed by atoms with Crippen LogP contribution in [0.15, 0.2) is 6.33 Å². The molecule has 6 heteroatoms. The first-order valence-corrected chi connectivity index (χ1v) is 6.71. The van der Waals surface area contributed by atoms with Gasteiger partial charge in [-0.3, -0.25) is 4.79 Å². The van der Waals surface area contributed by atoms with Crippen molar-refractivity contribution in [3.05, 3.63) is 11.9 Å². The maximum atomic E-state index is 12.0. The second-order valence-corrected chi connectivity index (χ2v) is 4.90. The van der Waals surface area contributed by atoms with Crippen LogP contribution in [0.2, 0.25) is 0 Å². The molecule has 0 aromatic carbocycles. The first kappa shape index (κ1) is 13.6. The molecule has 0 radical (unpaired) electrons. The van der Waals surface area contributed by atoms with Crippen LogP contribution in [0.1, 0.15) is 25.3 Å². The number of carbonyl (C=O) groups is 1. The molecule has 1 fully saturated rings. The van der Waals surface area contributed by atoms with Gasteiger partial charge in [0.05, 0.1) is 6.54 Å². The van der Waals surface area contributed by atoms with Gasteiger partial charge < -0.3 is 15.5 Å². The molecule has 6 nitrogen and oxygen atoms in total. The molecule has 104 valence electrons. The molecule has 2 heterocycles. The molecule has 1 aliphatic heterocycles. The van der Waals surface area contributed by atoms with E-state index >= 15 is 0 Å². The Labute approximate surface area is 113 Å². The molecule has 19 heavy (non-hydrogen) atoms. The maximum absolute atomic E-state index is 12.0. The minimum absolute atomic E-state index is 0.122. The van der Waals surface area contributed by atoms with E-state index in [0.717, 1.165) is 43.7 Å². The van der Waals surface area contributed by atoms with E-state index in [4.69, 9.17) is 5.73 Å².